The normalized spacial score (nSPS) is 13.3. The van der Waals surface area contributed by atoms with Crippen molar-refractivity contribution in [3.8, 4) is 0 Å². The van der Waals surface area contributed by atoms with E-state index in [4.69, 9.17) is 5.73 Å². The van der Waals surface area contributed by atoms with Crippen molar-refractivity contribution in [2.75, 3.05) is 6.54 Å². The largest absolute Gasteiger partial charge is 0.352 e. The number of carbonyl (C=O) groups is 1. The first-order valence-electron chi connectivity index (χ1n) is 3.58. The van der Waals surface area contributed by atoms with Crippen LogP contribution < -0.4 is 11.1 Å². The summed E-state index contributed by atoms with van der Waals surface area (Å²) in [6.45, 7) is 6.11. The molecule has 0 saturated carbocycles. The minimum Gasteiger partial charge on any atom is -0.352 e. The van der Waals surface area contributed by atoms with Crippen LogP contribution in [0.4, 0.5) is 0 Å². The van der Waals surface area contributed by atoms with Crippen LogP contribution in [0, 0.1) is 5.92 Å². The standard InChI is InChI=1S/C7H16N2O/c1-5(2)7(10)9-6(3)4-8/h5-6H,4,8H2,1-3H3,(H,9,10)/t6-/m1/s1. The average molecular weight is 144 g/mol. The average Bonchev–Trinajstić information content (AvgIpc) is 1.87. The first-order valence-corrected chi connectivity index (χ1v) is 3.58. The van der Waals surface area contributed by atoms with Gasteiger partial charge in [-0.05, 0) is 6.92 Å². The summed E-state index contributed by atoms with van der Waals surface area (Å²) in [5.74, 6) is 0.118. The molecule has 0 saturated heterocycles. The highest BCUT2D eigenvalue weighted by Gasteiger charge is 2.08. The van der Waals surface area contributed by atoms with E-state index < -0.39 is 0 Å². The van der Waals surface area contributed by atoms with Crippen LogP contribution >= 0.6 is 0 Å². The summed E-state index contributed by atoms with van der Waals surface area (Å²) in [7, 11) is 0. The second kappa shape index (κ2) is 4.28. The van der Waals surface area contributed by atoms with E-state index in [0.29, 0.717) is 6.54 Å². The maximum Gasteiger partial charge on any atom is 0.222 e. The Morgan fingerprint density at radius 3 is 2.30 bits per heavy atom. The molecule has 3 N–H and O–H groups in total. The van der Waals surface area contributed by atoms with E-state index in [9.17, 15) is 4.79 Å². The van der Waals surface area contributed by atoms with E-state index in [1.54, 1.807) is 0 Å². The quantitative estimate of drug-likeness (QED) is 0.590. The molecule has 0 aliphatic rings. The van der Waals surface area contributed by atoms with Crippen LogP contribution in [0.25, 0.3) is 0 Å². The summed E-state index contributed by atoms with van der Waals surface area (Å²) < 4.78 is 0. The lowest BCUT2D eigenvalue weighted by Gasteiger charge is -2.12. The molecule has 0 rings (SSSR count). The fourth-order valence-corrected chi connectivity index (χ4v) is 0.468. The van der Waals surface area contributed by atoms with Crippen LogP contribution in [0.5, 0.6) is 0 Å². The van der Waals surface area contributed by atoms with Crippen LogP contribution in [0.1, 0.15) is 20.8 Å². The Morgan fingerprint density at radius 1 is 1.50 bits per heavy atom. The monoisotopic (exact) mass is 144 g/mol. The predicted molar refractivity (Wildman–Crippen MR) is 41.5 cm³/mol. The van der Waals surface area contributed by atoms with Crippen molar-refractivity contribution in [2.45, 2.75) is 26.8 Å². The first kappa shape index (κ1) is 9.43. The van der Waals surface area contributed by atoms with Gasteiger partial charge in [-0.15, -0.1) is 0 Å². The van der Waals surface area contributed by atoms with Gasteiger partial charge in [-0.1, -0.05) is 13.8 Å². The zero-order chi connectivity index (χ0) is 8.15. The molecule has 0 radical (unpaired) electrons. The molecule has 0 heterocycles. The molecule has 0 aliphatic carbocycles. The number of amides is 1. The zero-order valence-corrected chi connectivity index (χ0v) is 6.85. The number of carbonyl (C=O) groups excluding carboxylic acids is 1. The molecule has 0 fully saturated rings. The van der Waals surface area contributed by atoms with Crippen molar-refractivity contribution in [1.82, 2.24) is 5.32 Å². The van der Waals surface area contributed by atoms with Crippen LogP contribution in [0.3, 0.4) is 0 Å². The van der Waals surface area contributed by atoms with Crippen LogP contribution in [-0.2, 0) is 4.79 Å². The second-order valence-corrected chi connectivity index (χ2v) is 2.80. The van der Waals surface area contributed by atoms with E-state index >= 15 is 0 Å². The third kappa shape index (κ3) is 3.45. The van der Waals surface area contributed by atoms with Gasteiger partial charge in [0.1, 0.15) is 0 Å². The maximum atomic E-state index is 10.9. The Kier molecular flexibility index (Phi) is 4.03. The zero-order valence-electron chi connectivity index (χ0n) is 6.85. The molecule has 3 nitrogen and oxygen atoms in total. The second-order valence-electron chi connectivity index (χ2n) is 2.80. The molecule has 10 heavy (non-hydrogen) atoms. The molecule has 0 bridgehead atoms. The van der Waals surface area contributed by atoms with Crippen LogP contribution in [0.15, 0.2) is 0 Å². The summed E-state index contributed by atoms with van der Waals surface area (Å²) in [5.41, 5.74) is 5.31. The van der Waals surface area contributed by atoms with E-state index in [0.717, 1.165) is 0 Å². The maximum absolute atomic E-state index is 10.9. The lowest BCUT2D eigenvalue weighted by Crippen LogP contribution is -2.39. The van der Waals surface area contributed by atoms with E-state index in [1.807, 2.05) is 20.8 Å². The third-order valence-corrected chi connectivity index (χ3v) is 1.27. The van der Waals surface area contributed by atoms with Gasteiger partial charge >= 0.3 is 0 Å². The Hall–Kier alpha value is -0.570. The van der Waals surface area contributed by atoms with E-state index in [2.05, 4.69) is 5.32 Å². The molecular weight excluding hydrogens is 128 g/mol. The molecular formula is C7H16N2O. The van der Waals surface area contributed by atoms with Gasteiger partial charge in [-0.2, -0.15) is 0 Å². The Balaban J connectivity index is 3.57. The highest BCUT2D eigenvalue weighted by Crippen LogP contribution is 1.91. The summed E-state index contributed by atoms with van der Waals surface area (Å²) in [4.78, 5) is 10.9. The smallest absolute Gasteiger partial charge is 0.222 e. The van der Waals surface area contributed by atoms with Gasteiger partial charge in [0.05, 0.1) is 0 Å². The number of nitrogens with one attached hydrogen (secondary N) is 1. The lowest BCUT2D eigenvalue weighted by molar-refractivity contribution is -0.124. The Morgan fingerprint density at radius 2 is 2.00 bits per heavy atom. The van der Waals surface area contributed by atoms with Crippen molar-refractivity contribution in [3.05, 3.63) is 0 Å². The van der Waals surface area contributed by atoms with Gasteiger partial charge in [0.15, 0.2) is 0 Å². The summed E-state index contributed by atoms with van der Waals surface area (Å²) in [5, 5.41) is 2.77. The first-order chi connectivity index (χ1) is 4.57. The highest BCUT2D eigenvalue weighted by atomic mass is 16.1. The van der Waals surface area contributed by atoms with Gasteiger partial charge in [0.2, 0.25) is 5.91 Å². The number of hydrogen-bond donors (Lipinski definition) is 2. The van der Waals surface area contributed by atoms with Gasteiger partial charge in [0.25, 0.3) is 0 Å². The van der Waals surface area contributed by atoms with Gasteiger partial charge < -0.3 is 11.1 Å². The Labute approximate surface area is 62.0 Å². The van der Waals surface area contributed by atoms with Crippen LogP contribution in [-0.4, -0.2) is 18.5 Å². The van der Waals surface area contributed by atoms with E-state index in [1.165, 1.54) is 0 Å². The molecule has 0 aromatic rings. The molecule has 0 unspecified atom stereocenters. The molecule has 3 heteroatoms. The number of nitrogens with two attached hydrogens (primary N) is 1. The van der Waals surface area contributed by atoms with Crippen molar-refractivity contribution < 1.29 is 4.79 Å². The fraction of sp³-hybridized carbons (Fsp3) is 0.857. The third-order valence-electron chi connectivity index (χ3n) is 1.27. The van der Waals surface area contributed by atoms with Crippen molar-refractivity contribution in [1.29, 1.82) is 0 Å². The fourth-order valence-electron chi connectivity index (χ4n) is 0.468. The summed E-state index contributed by atoms with van der Waals surface area (Å²) in [6.07, 6.45) is 0. The lowest BCUT2D eigenvalue weighted by atomic mass is 10.2. The highest BCUT2D eigenvalue weighted by molar-refractivity contribution is 5.78. The Bertz CT molecular complexity index is 112. The van der Waals surface area contributed by atoms with Gasteiger partial charge in [-0.3, -0.25) is 4.79 Å². The molecule has 0 aromatic carbocycles. The summed E-state index contributed by atoms with van der Waals surface area (Å²) in [6, 6.07) is 0.0925. The molecule has 1 atom stereocenters. The number of hydrogen-bond acceptors (Lipinski definition) is 2. The molecule has 0 aliphatic heterocycles. The van der Waals surface area contributed by atoms with Crippen LogP contribution in [0.2, 0.25) is 0 Å². The molecule has 0 spiro atoms. The predicted octanol–water partition coefficient (Wildman–Crippen LogP) is 0.106. The van der Waals surface area contributed by atoms with Gasteiger partial charge in [0, 0.05) is 18.5 Å². The van der Waals surface area contributed by atoms with E-state index in [-0.39, 0.29) is 17.9 Å². The summed E-state index contributed by atoms with van der Waals surface area (Å²) >= 11 is 0. The van der Waals surface area contributed by atoms with Crippen molar-refractivity contribution in [3.63, 3.8) is 0 Å². The van der Waals surface area contributed by atoms with Gasteiger partial charge in [-0.25, -0.2) is 0 Å². The SMILES string of the molecule is CC(C)C(=O)N[C@H](C)CN. The molecule has 1 amide bonds. The number of rotatable bonds is 3. The van der Waals surface area contributed by atoms with Crippen molar-refractivity contribution in [2.24, 2.45) is 11.7 Å². The minimum absolute atomic E-state index is 0.0500. The minimum atomic E-state index is 0.0500. The molecule has 60 valence electrons. The molecule has 0 aromatic heterocycles. The van der Waals surface area contributed by atoms with Crippen molar-refractivity contribution >= 4 is 5.91 Å². The topological polar surface area (TPSA) is 55.1 Å².